The van der Waals surface area contributed by atoms with Crippen LogP contribution in [0.4, 0.5) is 0 Å². The van der Waals surface area contributed by atoms with Gasteiger partial charge in [0.1, 0.15) is 46.0 Å². The first-order valence-electron chi connectivity index (χ1n) is 43.6. The lowest BCUT2D eigenvalue weighted by molar-refractivity contribution is -0.136. The van der Waals surface area contributed by atoms with Crippen LogP contribution in [-0.2, 0) is 123 Å². The Morgan fingerprint density at radius 2 is 0.283 bits per heavy atom. The maximum atomic E-state index is 15.4. The molecule has 2 aliphatic heterocycles. The number of esters is 6. The Hall–Kier alpha value is -9.82. The molecule has 0 spiro atoms. The molecule has 14 heteroatoms. The van der Waals surface area contributed by atoms with Crippen molar-refractivity contribution in [3.05, 3.63) is 231 Å². The highest BCUT2D eigenvalue weighted by molar-refractivity contribution is 5.80. The zero-order chi connectivity index (χ0) is 87.6. The molecular weight excluding hydrogens is 1500 g/mol. The summed E-state index contributed by atoms with van der Waals surface area (Å²) in [6, 6.07) is 33.0. The van der Waals surface area contributed by atoms with E-state index < -0.39 is 79.1 Å². The van der Waals surface area contributed by atoms with Crippen LogP contribution in [0.3, 0.4) is 0 Å². The third-order valence-electron chi connectivity index (χ3n) is 24.3. The molecule has 0 fully saturated rings. The number of ether oxygens (including phenoxy) is 6. The van der Waals surface area contributed by atoms with E-state index in [-0.39, 0.29) is 140 Å². The topological polar surface area (TPSA) is 198 Å². The van der Waals surface area contributed by atoms with E-state index in [1.165, 1.54) is 0 Å². The SMILES string of the molecule is CC(C)(C)c1cc2c(O)c(c1)Cc1cc(C(C)(C)C)cc3c1OC(=O)CCCCC(=O)Oc1c4cc(C(C)(C)C)cc1Cc1cc(C(C)(C)C)cc5c1OC(=O)CCCCC(=O)Oc1c(cc(C(C)(C)C)cc1C3)Cc1cc(C(C)(C)C)cc(c1OC(=O)CCCCC(=O)Oc1c(cc(C(C)(C)C)cc1C5)Cc1cc(C(C)(C)C)cc(c1O)C4)C2. The summed E-state index contributed by atoms with van der Waals surface area (Å²) in [5.41, 5.74) is 13.6. The fourth-order valence-corrected chi connectivity index (χ4v) is 16.7. The van der Waals surface area contributed by atoms with Crippen molar-refractivity contribution < 1.29 is 67.4 Å². The smallest absolute Gasteiger partial charge is 0.311 e. The number of phenols is 2. The predicted octanol–water partition coefficient (Wildman–Crippen LogP) is 23.7. The van der Waals surface area contributed by atoms with Crippen LogP contribution < -0.4 is 28.4 Å². The average molecular weight is 1630 g/mol. The van der Waals surface area contributed by atoms with Gasteiger partial charge < -0.3 is 38.6 Å². The van der Waals surface area contributed by atoms with Gasteiger partial charge in [0.15, 0.2) is 0 Å². The summed E-state index contributed by atoms with van der Waals surface area (Å²) in [7, 11) is 0. The number of carbonyl (C=O) groups excluding carboxylic acids is 6. The second-order valence-electron chi connectivity index (χ2n) is 42.9. The van der Waals surface area contributed by atoms with Crippen molar-refractivity contribution in [2.45, 2.75) is 338 Å². The highest BCUT2D eigenvalue weighted by Crippen LogP contribution is 2.49. The molecule has 22 bridgehead atoms. The minimum Gasteiger partial charge on any atom is -0.507 e. The number of benzene rings is 8. The van der Waals surface area contributed by atoms with E-state index in [2.05, 4.69) is 239 Å². The van der Waals surface area contributed by atoms with E-state index in [1.807, 2.05) is 24.3 Å². The fraction of sp³-hybridized carbons (Fsp3) is 0.491. The Morgan fingerprint density at radius 3 is 0.392 bits per heavy atom. The zero-order valence-corrected chi connectivity index (χ0v) is 76.2. The first-order chi connectivity index (χ1) is 55.7. The summed E-state index contributed by atoms with van der Waals surface area (Å²) in [5, 5.41) is 26.4. The summed E-state index contributed by atoms with van der Waals surface area (Å²) in [4.78, 5) is 92.2. The largest absolute Gasteiger partial charge is 0.507 e. The lowest BCUT2D eigenvalue weighted by atomic mass is 9.79. The third kappa shape index (κ3) is 21.0. The quantitative estimate of drug-likeness (QED) is 0.107. The van der Waals surface area contributed by atoms with Gasteiger partial charge in [0, 0.05) is 157 Å². The molecule has 0 unspecified atom stereocenters. The van der Waals surface area contributed by atoms with Crippen LogP contribution in [0, 0.1) is 0 Å². The van der Waals surface area contributed by atoms with Gasteiger partial charge in [0.2, 0.25) is 0 Å². The summed E-state index contributed by atoms with van der Waals surface area (Å²) in [5.74, 6) is -1.34. The van der Waals surface area contributed by atoms with Gasteiger partial charge >= 0.3 is 35.8 Å². The average Bonchev–Trinajstić information content (AvgIpc) is 0.760. The van der Waals surface area contributed by atoms with Crippen molar-refractivity contribution in [3.63, 3.8) is 0 Å². The number of rotatable bonds is 0. The predicted molar refractivity (Wildman–Crippen MR) is 476 cm³/mol. The van der Waals surface area contributed by atoms with Crippen LogP contribution in [0.2, 0.25) is 0 Å². The first kappa shape index (κ1) is 89.4. The molecular formula is C106H130O14. The van der Waals surface area contributed by atoms with Gasteiger partial charge in [-0.2, -0.15) is 0 Å². The van der Waals surface area contributed by atoms with Crippen molar-refractivity contribution >= 4 is 35.8 Å². The standard InChI is InChI=1S/C106H130O14/c1-99(2,3)77-45-61-37-65-49-79(101(7,8)9)53-69-41-73-57-83(105(19,20)21)58-74-42-70-54-80(102(10,11)12)50-66(38-62(46-77)91(61)113)94(70)116-86(108)32-26-28-34-88(110)118-96-68-40-64-48-78(100(4,5)6)47-63(92(64)114)39-67-51-81(103(13,14)15)55-71(95(67)117-87(109)33-27-25-31-85(107)115-93(65)69)43-75-59-84(106(22,23)24)60-76(44-72(96)56-82(52-68)104(16,17)18)98(75)120-90(112)36-30-29-35-89(111)119-97(73)74/h45-60,113-114H,25-44H2,1-24H3. The maximum absolute atomic E-state index is 15.4. The number of fused-ring (bicyclic) bond motifs is 11. The zero-order valence-electron chi connectivity index (χ0n) is 76.2. The van der Waals surface area contributed by atoms with Crippen molar-refractivity contribution in [1.82, 2.24) is 0 Å². The molecule has 2 heterocycles. The Bertz CT molecular complexity index is 4760. The summed E-state index contributed by atoms with van der Waals surface area (Å²) >= 11 is 0. The van der Waals surface area contributed by atoms with Gasteiger partial charge in [-0.3, -0.25) is 28.8 Å². The van der Waals surface area contributed by atoms with E-state index in [0.717, 1.165) is 44.5 Å². The van der Waals surface area contributed by atoms with Crippen LogP contribution in [0.1, 0.15) is 377 Å². The molecule has 4 aliphatic rings. The number of phenolic OH excluding ortho intramolecular Hbond substituents is 2. The van der Waals surface area contributed by atoms with E-state index in [0.29, 0.717) is 124 Å². The molecule has 0 atom stereocenters. The molecule has 8 aromatic carbocycles. The fourth-order valence-electron chi connectivity index (χ4n) is 16.7. The molecule has 2 aliphatic carbocycles. The van der Waals surface area contributed by atoms with Crippen LogP contribution in [0.15, 0.2) is 97.1 Å². The lowest BCUT2D eigenvalue weighted by Crippen LogP contribution is -2.20. The Labute approximate surface area is 713 Å². The second kappa shape index (κ2) is 33.9. The van der Waals surface area contributed by atoms with Crippen LogP contribution in [0.5, 0.6) is 46.0 Å². The molecule has 0 radical (unpaired) electrons. The minimum atomic E-state index is -0.539. The highest BCUT2D eigenvalue weighted by Gasteiger charge is 2.36. The van der Waals surface area contributed by atoms with Crippen molar-refractivity contribution in [2.75, 3.05) is 0 Å². The molecule has 0 saturated carbocycles. The number of hydrogen-bond acceptors (Lipinski definition) is 14. The van der Waals surface area contributed by atoms with Crippen LogP contribution in [-0.4, -0.2) is 46.0 Å². The van der Waals surface area contributed by atoms with Crippen molar-refractivity contribution in [2.24, 2.45) is 0 Å². The third-order valence-corrected chi connectivity index (χ3v) is 24.3. The molecule has 14 nitrogen and oxygen atoms in total. The van der Waals surface area contributed by atoms with Gasteiger partial charge in [-0.25, -0.2) is 0 Å². The molecule has 8 aromatic rings. The molecule has 120 heavy (non-hydrogen) atoms. The summed E-state index contributed by atoms with van der Waals surface area (Å²) in [6.45, 7) is 51.2. The van der Waals surface area contributed by atoms with E-state index >= 15 is 28.8 Å². The lowest BCUT2D eigenvalue weighted by Gasteiger charge is -2.28. The van der Waals surface area contributed by atoms with Gasteiger partial charge in [0.05, 0.1) is 0 Å². The number of aromatic hydroxyl groups is 2. The number of carbonyl (C=O) groups is 6. The van der Waals surface area contributed by atoms with Gasteiger partial charge in [-0.15, -0.1) is 0 Å². The van der Waals surface area contributed by atoms with Gasteiger partial charge in [-0.1, -0.05) is 263 Å². The number of hydrogen-bond donors (Lipinski definition) is 2. The molecule has 0 saturated heterocycles. The molecule has 0 aromatic heterocycles. The summed E-state index contributed by atoms with van der Waals surface area (Å²) in [6.07, 6.45) is 1.66. The van der Waals surface area contributed by atoms with Gasteiger partial charge in [0.25, 0.3) is 0 Å². The Morgan fingerprint density at radius 1 is 0.183 bits per heavy atom. The molecule has 2 N–H and O–H groups in total. The summed E-state index contributed by atoms with van der Waals surface area (Å²) < 4.78 is 41.6. The molecule has 638 valence electrons. The Kier molecular flexibility index (Phi) is 25.3. The van der Waals surface area contributed by atoms with Crippen molar-refractivity contribution in [1.29, 1.82) is 0 Å². The normalized spacial score (nSPS) is 16.4. The first-order valence-corrected chi connectivity index (χ1v) is 43.6. The second-order valence-corrected chi connectivity index (χ2v) is 42.9. The van der Waals surface area contributed by atoms with Crippen LogP contribution >= 0.6 is 0 Å². The molecule has 12 rings (SSSR count). The Balaban J connectivity index is 1.16. The van der Waals surface area contributed by atoms with E-state index in [9.17, 15) is 10.2 Å². The van der Waals surface area contributed by atoms with Gasteiger partial charge in [-0.05, 0) is 149 Å². The van der Waals surface area contributed by atoms with E-state index in [1.54, 1.807) is 0 Å². The molecule has 0 amide bonds. The van der Waals surface area contributed by atoms with E-state index in [4.69, 9.17) is 28.4 Å². The maximum Gasteiger partial charge on any atom is 0.311 e. The monoisotopic (exact) mass is 1630 g/mol. The van der Waals surface area contributed by atoms with Crippen LogP contribution in [0.25, 0.3) is 0 Å². The highest BCUT2D eigenvalue weighted by atomic mass is 16.6. The van der Waals surface area contributed by atoms with Crippen molar-refractivity contribution in [3.8, 4) is 46.0 Å². The minimum absolute atomic E-state index is 0.0372.